The van der Waals surface area contributed by atoms with Crippen molar-refractivity contribution in [1.29, 1.82) is 5.26 Å². The van der Waals surface area contributed by atoms with Gasteiger partial charge in [0, 0.05) is 37.8 Å². The molecular formula is C26H31N3O. The number of benzene rings is 2. The van der Waals surface area contributed by atoms with Crippen molar-refractivity contribution in [1.82, 2.24) is 4.90 Å². The third-order valence-corrected chi connectivity index (χ3v) is 6.91. The van der Waals surface area contributed by atoms with Crippen LogP contribution in [0.1, 0.15) is 62.1 Å². The van der Waals surface area contributed by atoms with Crippen LogP contribution >= 0.6 is 0 Å². The van der Waals surface area contributed by atoms with Crippen LogP contribution < -0.4 is 4.90 Å². The van der Waals surface area contributed by atoms with Gasteiger partial charge in [-0.2, -0.15) is 5.26 Å². The predicted molar refractivity (Wildman–Crippen MR) is 120 cm³/mol. The van der Waals surface area contributed by atoms with Crippen LogP contribution in [-0.4, -0.2) is 29.4 Å². The van der Waals surface area contributed by atoms with Gasteiger partial charge in [-0.3, -0.25) is 9.69 Å². The largest absolute Gasteiger partial charge is 0.307 e. The summed E-state index contributed by atoms with van der Waals surface area (Å²) >= 11 is 0. The average Bonchev–Trinajstić information content (AvgIpc) is 2.78. The minimum absolute atomic E-state index is 0.0869. The standard InChI is InChI=1S/C26H31N3O/c1-21(30)29(25-8-4-2-5-9-25)26(13-6-3-7-14-26)15-17-28-16-12-23-18-22(19-27)10-11-24(23)20-28/h2,4-5,8-11,18H,3,6-7,12-17,20H2,1H3. The van der Waals surface area contributed by atoms with Crippen molar-refractivity contribution in [2.24, 2.45) is 0 Å². The third-order valence-electron chi connectivity index (χ3n) is 6.91. The summed E-state index contributed by atoms with van der Waals surface area (Å²) in [4.78, 5) is 17.4. The molecule has 0 radical (unpaired) electrons. The SMILES string of the molecule is CC(=O)N(c1ccccc1)C1(CCN2CCc3cc(C#N)ccc3C2)CCCCC1. The summed E-state index contributed by atoms with van der Waals surface area (Å²) in [7, 11) is 0. The molecule has 2 aliphatic rings. The van der Waals surface area contributed by atoms with Gasteiger partial charge < -0.3 is 4.90 Å². The van der Waals surface area contributed by atoms with Gasteiger partial charge in [0.2, 0.25) is 5.91 Å². The Bertz CT molecular complexity index is 925. The molecule has 0 atom stereocenters. The summed E-state index contributed by atoms with van der Waals surface area (Å²) < 4.78 is 0. The first kappa shape index (κ1) is 20.6. The second kappa shape index (κ2) is 9.02. The van der Waals surface area contributed by atoms with E-state index in [-0.39, 0.29) is 11.4 Å². The van der Waals surface area contributed by atoms with E-state index in [2.05, 4.69) is 34.1 Å². The zero-order valence-electron chi connectivity index (χ0n) is 17.9. The van der Waals surface area contributed by atoms with Crippen molar-refractivity contribution in [2.45, 2.75) is 64.0 Å². The van der Waals surface area contributed by atoms with Gasteiger partial charge in [0.05, 0.1) is 11.6 Å². The molecule has 0 saturated heterocycles. The number of hydrogen-bond donors (Lipinski definition) is 0. The van der Waals surface area contributed by atoms with Crippen molar-refractivity contribution in [3.63, 3.8) is 0 Å². The Kier molecular flexibility index (Phi) is 6.20. The first-order valence-electron chi connectivity index (χ1n) is 11.2. The molecule has 4 heteroatoms. The quantitative estimate of drug-likeness (QED) is 0.703. The fourth-order valence-corrected chi connectivity index (χ4v) is 5.40. The van der Waals surface area contributed by atoms with Gasteiger partial charge in [-0.05, 0) is 61.1 Å². The minimum atomic E-state index is -0.0869. The Morgan fingerprint density at radius 1 is 1.10 bits per heavy atom. The Morgan fingerprint density at radius 2 is 1.87 bits per heavy atom. The first-order valence-corrected chi connectivity index (χ1v) is 11.2. The molecule has 0 bridgehead atoms. The third kappa shape index (κ3) is 4.27. The summed E-state index contributed by atoms with van der Waals surface area (Å²) in [6.07, 6.45) is 7.81. The van der Waals surface area contributed by atoms with Crippen LogP contribution in [0.15, 0.2) is 48.5 Å². The molecule has 1 aliphatic heterocycles. The van der Waals surface area contributed by atoms with E-state index in [1.165, 1.54) is 30.4 Å². The van der Waals surface area contributed by atoms with E-state index in [4.69, 9.17) is 5.26 Å². The molecule has 4 rings (SSSR count). The van der Waals surface area contributed by atoms with Gasteiger partial charge in [-0.25, -0.2) is 0 Å². The number of fused-ring (bicyclic) bond motifs is 1. The minimum Gasteiger partial charge on any atom is -0.307 e. The molecule has 4 nitrogen and oxygen atoms in total. The van der Waals surface area contributed by atoms with Gasteiger partial charge in [-0.15, -0.1) is 0 Å². The molecule has 30 heavy (non-hydrogen) atoms. The fourth-order valence-electron chi connectivity index (χ4n) is 5.40. The second-order valence-corrected chi connectivity index (χ2v) is 8.85. The highest BCUT2D eigenvalue weighted by Crippen LogP contribution is 2.40. The first-order chi connectivity index (χ1) is 14.6. The summed E-state index contributed by atoms with van der Waals surface area (Å²) in [5, 5.41) is 9.15. The van der Waals surface area contributed by atoms with E-state index < -0.39 is 0 Å². The number of anilines is 1. The van der Waals surface area contributed by atoms with Crippen LogP contribution in [0.2, 0.25) is 0 Å². The normalized spacial score (nSPS) is 18.3. The predicted octanol–water partition coefficient (Wildman–Crippen LogP) is 5.06. The van der Waals surface area contributed by atoms with Crippen molar-refractivity contribution >= 4 is 11.6 Å². The summed E-state index contributed by atoms with van der Waals surface area (Å²) in [5.41, 5.74) is 4.34. The van der Waals surface area contributed by atoms with Crippen molar-refractivity contribution in [2.75, 3.05) is 18.0 Å². The number of carbonyl (C=O) groups is 1. The Morgan fingerprint density at radius 3 is 2.57 bits per heavy atom. The molecule has 2 aromatic rings. The number of nitrogens with zero attached hydrogens (tertiary/aromatic N) is 3. The van der Waals surface area contributed by atoms with Gasteiger partial charge in [0.15, 0.2) is 0 Å². The topological polar surface area (TPSA) is 47.3 Å². The molecule has 1 aliphatic carbocycles. The molecule has 1 fully saturated rings. The van der Waals surface area contributed by atoms with Gasteiger partial charge in [-0.1, -0.05) is 43.5 Å². The lowest BCUT2D eigenvalue weighted by atomic mass is 9.77. The number of nitriles is 1. The van der Waals surface area contributed by atoms with Gasteiger partial charge >= 0.3 is 0 Å². The monoisotopic (exact) mass is 401 g/mol. The summed E-state index contributed by atoms with van der Waals surface area (Å²) in [6.45, 7) is 4.66. The Labute approximate surface area is 180 Å². The second-order valence-electron chi connectivity index (χ2n) is 8.85. The summed E-state index contributed by atoms with van der Waals surface area (Å²) in [6, 6.07) is 18.5. The lowest BCUT2D eigenvalue weighted by Gasteiger charge is -2.47. The molecule has 1 amide bonds. The molecular weight excluding hydrogens is 370 g/mol. The molecule has 0 unspecified atom stereocenters. The highest BCUT2D eigenvalue weighted by Gasteiger charge is 2.40. The Hall–Kier alpha value is -2.64. The maximum absolute atomic E-state index is 12.8. The lowest BCUT2D eigenvalue weighted by molar-refractivity contribution is -0.118. The lowest BCUT2D eigenvalue weighted by Crippen LogP contribution is -2.54. The number of para-hydroxylation sites is 1. The van der Waals surface area contributed by atoms with Gasteiger partial charge in [0.25, 0.3) is 0 Å². The van der Waals surface area contributed by atoms with Gasteiger partial charge in [0.1, 0.15) is 0 Å². The highest BCUT2D eigenvalue weighted by molar-refractivity contribution is 5.93. The fraction of sp³-hybridized carbons (Fsp3) is 0.462. The van der Waals surface area contributed by atoms with Crippen LogP contribution in [0.5, 0.6) is 0 Å². The van der Waals surface area contributed by atoms with E-state index in [1.54, 1.807) is 6.92 Å². The van der Waals surface area contributed by atoms with Crippen molar-refractivity contribution in [3.05, 3.63) is 65.2 Å². The molecule has 0 aromatic heterocycles. The molecule has 156 valence electrons. The summed E-state index contributed by atoms with van der Waals surface area (Å²) in [5.74, 6) is 0.149. The van der Waals surface area contributed by atoms with Crippen LogP contribution in [-0.2, 0) is 17.8 Å². The van der Waals surface area contributed by atoms with Crippen LogP contribution in [0, 0.1) is 11.3 Å². The smallest absolute Gasteiger partial charge is 0.224 e. The van der Waals surface area contributed by atoms with Crippen LogP contribution in [0.4, 0.5) is 5.69 Å². The molecule has 2 aromatic carbocycles. The Balaban J connectivity index is 1.52. The zero-order valence-corrected chi connectivity index (χ0v) is 17.9. The van der Waals surface area contributed by atoms with E-state index in [1.807, 2.05) is 30.3 Å². The number of rotatable bonds is 5. The van der Waals surface area contributed by atoms with E-state index in [9.17, 15) is 4.79 Å². The zero-order chi connectivity index (χ0) is 21.0. The number of amides is 1. The van der Waals surface area contributed by atoms with Crippen LogP contribution in [0.3, 0.4) is 0 Å². The maximum Gasteiger partial charge on any atom is 0.224 e. The number of carbonyl (C=O) groups excluding carboxylic acids is 1. The van der Waals surface area contributed by atoms with E-state index in [0.29, 0.717) is 0 Å². The van der Waals surface area contributed by atoms with Crippen molar-refractivity contribution in [3.8, 4) is 6.07 Å². The van der Waals surface area contributed by atoms with Crippen LogP contribution in [0.25, 0.3) is 0 Å². The number of hydrogen-bond acceptors (Lipinski definition) is 3. The van der Waals surface area contributed by atoms with E-state index in [0.717, 1.165) is 56.6 Å². The maximum atomic E-state index is 12.8. The molecule has 1 saturated carbocycles. The average molecular weight is 402 g/mol. The molecule has 1 heterocycles. The molecule has 0 N–H and O–H groups in total. The van der Waals surface area contributed by atoms with E-state index >= 15 is 0 Å². The van der Waals surface area contributed by atoms with Crippen molar-refractivity contribution < 1.29 is 4.79 Å². The highest BCUT2D eigenvalue weighted by atomic mass is 16.2. The molecule has 0 spiro atoms.